The van der Waals surface area contributed by atoms with E-state index in [0.717, 1.165) is 25.2 Å². The van der Waals surface area contributed by atoms with E-state index in [1.165, 1.54) is 9.75 Å². The number of nitrogens with zero attached hydrogens (tertiary/aromatic N) is 5. The summed E-state index contributed by atoms with van der Waals surface area (Å²) in [5.74, 6) is 1.44. The molecule has 118 valence electrons. The summed E-state index contributed by atoms with van der Waals surface area (Å²) in [5, 5.41) is 4.23. The van der Waals surface area contributed by atoms with Crippen LogP contribution in [-0.4, -0.2) is 26.3 Å². The Morgan fingerprint density at radius 1 is 1.26 bits per heavy atom. The fourth-order valence-electron chi connectivity index (χ4n) is 3.13. The molecule has 1 aliphatic heterocycles. The summed E-state index contributed by atoms with van der Waals surface area (Å²) in [7, 11) is 0. The topological polar surface area (TPSA) is 72.9 Å². The van der Waals surface area contributed by atoms with E-state index >= 15 is 0 Å². The first kappa shape index (κ1) is 14.2. The number of hydrogen-bond acceptors (Lipinski definition) is 6. The summed E-state index contributed by atoms with van der Waals surface area (Å²) in [6.07, 6.45) is 7.39. The highest BCUT2D eigenvalue weighted by molar-refractivity contribution is 7.12. The van der Waals surface area contributed by atoms with Gasteiger partial charge >= 0.3 is 0 Å². The SMILES string of the molecule is Cc1ccc(C2CCCN2c2ncnc(-n3cccn3)c2N)s1. The molecule has 6 nitrogen and oxygen atoms in total. The van der Waals surface area contributed by atoms with E-state index in [1.54, 1.807) is 17.2 Å². The number of aromatic nitrogens is 4. The Bertz CT molecular complexity index is 810. The molecular formula is C16H18N6S. The number of hydrogen-bond donors (Lipinski definition) is 1. The third-order valence-electron chi connectivity index (χ3n) is 4.18. The van der Waals surface area contributed by atoms with Gasteiger partial charge in [0.25, 0.3) is 0 Å². The van der Waals surface area contributed by atoms with Crippen molar-refractivity contribution in [3.8, 4) is 5.82 Å². The van der Waals surface area contributed by atoms with Gasteiger partial charge < -0.3 is 10.6 Å². The van der Waals surface area contributed by atoms with Crippen molar-refractivity contribution in [2.45, 2.75) is 25.8 Å². The second kappa shape index (κ2) is 5.66. The van der Waals surface area contributed by atoms with Crippen LogP contribution in [0.25, 0.3) is 5.82 Å². The predicted molar refractivity (Wildman–Crippen MR) is 91.9 cm³/mol. The molecule has 1 aliphatic rings. The first-order valence-electron chi connectivity index (χ1n) is 7.67. The van der Waals surface area contributed by atoms with Gasteiger partial charge in [-0.15, -0.1) is 11.3 Å². The maximum absolute atomic E-state index is 6.38. The summed E-state index contributed by atoms with van der Waals surface area (Å²) in [6.45, 7) is 3.10. The van der Waals surface area contributed by atoms with Crippen LogP contribution in [0.1, 0.15) is 28.6 Å². The molecule has 1 saturated heterocycles. The average molecular weight is 326 g/mol. The van der Waals surface area contributed by atoms with Crippen LogP contribution in [0, 0.1) is 6.92 Å². The van der Waals surface area contributed by atoms with Gasteiger partial charge in [-0.05, 0) is 38.0 Å². The minimum Gasteiger partial charge on any atom is -0.393 e. The maximum atomic E-state index is 6.38. The fourth-order valence-corrected chi connectivity index (χ4v) is 4.16. The summed E-state index contributed by atoms with van der Waals surface area (Å²) in [5.41, 5.74) is 6.96. The van der Waals surface area contributed by atoms with E-state index in [2.05, 4.69) is 39.0 Å². The van der Waals surface area contributed by atoms with E-state index in [-0.39, 0.29) is 0 Å². The molecule has 7 heteroatoms. The number of anilines is 2. The van der Waals surface area contributed by atoms with Gasteiger partial charge in [0, 0.05) is 28.7 Å². The average Bonchev–Trinajstić information content (AvgIpc) is 3.28. The zero-order valence-electron chi connectivity index (χ0n) is 12.9. The highest BCUT2D eigenvalue weighted by atomic mass is 32.1. The monoisotopic (exact) mass is 326 g/mol. The molecule has 4 heterocycles. The highest BCUT2D eigenvalue weighted by Crippen LogP contribution is 2.40. The maximum Gasteiger partial charge on any atom is 0.181 e. The van der Waals surface area contributed by atoms with Crippen molar-refractivity contribution >= 4 is 22.8 Å². The van der Waals surface area contributed by atoms with Gasteiger partial charge in [-0.25, -0.2) is 14.6 Å². The summed E-state index contributed by atoms with van der Waals surface area (Å²) >= 11 is 1.85. The zero-order chi connectivity index (χ0) is 15.8. The van der Waals surface area contributed by atoms with Crippen LogP contribution in [-0.2, 0) is 0 Å². The Balaban J connectivity index is 1.74. The minimum absolute atomic E-state index is 0.344. The Morgan fingerprint density at radius 3 is 2.87 bits per heavy atom. The van der Waals surface area contributed by atoms with Crippen LogP contribution in [0.5, 0.6) is 0 Å². The third-order valence-corrected chi connectivity index (χ3v) is 5.28. The predicted octanol–water partition coefficient (Wildman–Crippen LogP) is 2.96. The highest BCUT2D eigenvalue weighted by Gasteiger charge is 2.30. The number of aryl methyl sites for hydroxylation is 1. The van der Waals surface area contributed by atoms with Gasteiger partial charge in [-0.1, -0.05) is 0 Å². The lowest BCUT2D eigenvalue weighted by molar-refractivity contribution is 0.723. The Labute approximate surface area is 138 Å². The van der Waals surface area contributed by atoms with Crippen LogP contribution in [0.3, 0.4) is 0 Å². The molecule has 0 saturated carbocycles. The van der Waals surface area contributed by atoms with Crippen LogP contribution in [0.2, 0.25) is 0 Å². The van der Waals surface area contributed by atoms with Gasteiger partial charge in [0.2, 0.25) is 0 Å². The van der Waals surface area contributed by atoms with Crippen LogP contribution >= 0.6 is 11.3 Å². The molecule has 0 amide bonds. The van der Waals surface area contributed by atoms with Gasteiger partial charge in [0.15, 0.2) is 11.6 Å². The molecule has 0 spiro atoms. The molecule has 1 fully saturated rings. The van der Waals surface area contributed by atoms with Crippen molar-refractivity contribution in [3.63, 3.8) is 0 Å². The number of nitrogens with two attached hydrogens (primary N) is 1. The fraction of sp³-hybridized carbons (Fsp3) is 0.312. The van der Waals surface area contributed by atoms with Crippen molar-refractivity contribution in [3.05, 3.63) is 46.7 Å². The molecule has 2 N–H and O–H groups in total. The van der Waals surface area contributed by atoms with Crippen LogP contribution < -0.4 is 10.6 Å². The Kier molecular flexibility index (Phi) is 3.49. The first-order valence-corrected chi connectivity index (χ1v) is 8.49. The quantitative estimate of drug-likeness (QED) is 0.801. The zero-order valence-corrected chi connectivity index (χ0v) is 13.7. The molecule has 3 aromatic heterocycles. The summed E-state index contributed by atoms with van der Waals surface area (Å²) in [6, 6.07) is 6.59. The molecule has 3 aromatic rings. The van der Waals surface area contributed by atoms with Crippen molar-refractivity contribution in [2.24, 2.45) is 0 Å². The molecule has 0 radical (unpaired) electrons. The molecule has 0 bridgehead atoms. The second-order valence-corrected chi connectivity index (χ2v) is 7.00. The van der Waals surface area contributed by atoms with Crippen molar-refractivity contribution in [1.82, 2.24) is 19.7 Å². The lowest BCUT2D eigenvalue weighted by Crippen LogP contribution is -2.25. The van der Waals surface area contributed by atoms with Crippen LogP contribution in [0.4, 0.5) is 11.5 Å². The van der Waals surface area contributed by atoms with E-state index in [4.69, 9.17) is 5.73 Å². The normalized spacial score (nSPS) is 17.8. The van der Waals surface area contributed by atoms with Gasteiger partial charge in [-0.2, -0.15) is 5.10 Å². The molecule has 4 rings (SSSR count). The summed E-state index contributed by atoms with van der Waals surface area (Å²) in [4.78, 5) is 13.8. The number of thiophene rings is 1. The molecule has 0 aliphatic carbocycles. The lowest BCUT2D eigenvalue weighted by atomic mass is 10.2. The number of nitrogen functional groups attached to an aromatic ring is 1. The lowest BCUT2D eigenvalue weighted by Gasteiger charge is -2.26. The molecular weight excluding hydrogens is 308 g/mol. The first-order chi connectivity index (χ1) is 11.2. The number of rotatable bonds is 3. The van der Waals surface area contributed by atoms with Crippen LogP contribution in [0.15, 0.2) is 36.9 Å². The molecule has 0 aromatic carbocycles. The minimum atomic E-state index is 0.344. The van der Waals surface area contributed by atoms with E-state index < -0.39 is 0 Å². The van der Waals surface area contributed by atoms with E-state index in [9.17, 15) is 0 Å². The van der Waals surface area contributed by atoms with Gasteiger partial charge in [-0.3, -0.25) is 0 Å². The Morgan fingerprint density at radius 2 is 2.13 bits per heavy atom. The smallest absolute Gasteiger partial charge is 0.181 e. The van der Waals surface area contributed by atoms with Crippen molar-refractivity contribution < 1.29 is 0 Å². The molecule has 23 heavy (non-hydrogen) atoms. The standard InChI is InChI=1S/C16H18N6S/c1-11-5-6-13(23-11)12-4-2-8-21(12)15-14(17)16(19-10-18-15)22-9-3-7-20-22/h3,5-7,9-10,12H,2,4,8,17H2,1H3. The van der Waals surface area contributed by atoms with Crippen molar-refractivity contribution in [1.29, 1.82) is 0 Å². The van der Waals surface area contributed by atoms with E-state index in [0.29, 0.717) is 17.5 Å². The third kappa shape index (κ3) is 2.46. The molecule has 1 atom stereocenters. The largest absolute Gasteiger partial charge is 0.393 e. The summed E-state index contributed by atoms with van der Waals surface area (Å²) < 4.78 is 1.68. The van der Waals surface area contributed by atoms with Gasteiger partial charge in [0.1, 0.15) is 12.0 Å². The van der Waals surface area contributed by atoms with Crippen molar-refractivity contribution in [2.75, 3.05) is 17.2 Å². The van der Waals surface area contributed by atoms with E-state index in [1.807, 2.05) is 23.6 Å². The van der Waals surface area contributed by atoms with Gasteiger partial charge in [0.05, 0.1) is 6.04 Å². The molecule has 1 unspecified atom stereocenters. The Hall–Kier alpha value is -2.41. The second-order valence-electron chi connectivity index (χ2n) is 5.69.